The summed E-state index contributed by atoms with van der Waals surface area (Å²) in [5.41, 5.74) is 1.19. The Balaban J connectivity index is 2.15. The van der Waals surface area contributed by atoms with Crippen LogP contribution in [0.1, 0.15) is 19.4 Å². The third-order valence-electron chi connectivity index (χ3n) is 3.04. The predicted octanol–water partition coefficient (Wildman–Crippen LogP) is 2.61. The second kappa shape index (κ2) is 4.52. The Labute approximate surface area is 96.6 Å². The minimum atomic E-state index is 0.0138. The van der Waals surface area contributed by atoms with E-state index < -0.39 is 0 Å². The first-order chi connectivity index (χ1) is 7.68. The van der Waals surface area contributed by atoms with Crippen LogP contribution in [0.2, 0.25) is 0 Å². The highest BCUT2D eigenvalue weighted by molar-refractivity contribution is 5.81. The summed E-state index contributed by atoms with van der Waals surface area (Å²) in [6.07, 6.45) is 4.10. The average molecular weight is 215 g/mol. The molecule has 0 aliphatic carbocycles. The van der Waals surface area contributed by atoms with E-state index >= 15 is 0 Å². The molecule has 0 unspecified atom stereocenters. The van der Waals surface area contributed by atoms with Crippen LogP contribution in [0.5, 0.6) is 0 Å². The van der Waals surface area contributed by atoms with Crippen molar-refractivity contribution in [3.63, 3.8) is 0 Å². The zero-order valence-corrected chi connectivity index (χ0v) is 9.76. The predicted molar refractivity (Wildman–Crippen MR) is 64.8 cm³/mol. The summed E-state index contributed by atoms with van der Waals surface area (Å²) in [7, 11) is 0. The molecule has 0 fully saturated rings. The van der Waals surface area contributed by atoms with Crippen LogP contribution in [0.15, 0.2) is 42.5 Å². The third kappa shape index (κ3) is 2.16. The summed E-state index contributed by atoms with van der Waals surface area (Å²) in [6, 6.07) is 10.3. The van der Waals surface area contributed by atoms with Gasteiger partial charge in [0.2, 0.25) is 5.91 Å². The van der Waals surface area contributed by atoms with Gasteiger partial charge in [-0.1, -0.05) is 49.4 Å². The van der Waals surface area contributed by atoms with E-state index in [1.807, 2.05) is 36.1 Å². The number of benzene rings is 1. The van der Waals surface area contributed by atoms with Crippen molar-refractivity contribution in [3.8, 4) is 0 Å². The lowest BCUT2D eigenvalue weighted by molar-refractivity contribution is -0.136. The lowest BCUT2D eigenvalue weighted by atomic mass is 10.0. The Morgan fingerprint density at radius 2 is 1.81 bits per heavy atom. The summed E-state index contributed by atoms with van der Waals surface area (Å²) in [5.74, 6) is 0.235. The van der Waals surface area contributed by atoms with Gasteiger partial charge in [-0.25, -0.2) is 0 Å². The van der Waals surface area contributed by atoms with Crippen LogP contribution in [0.4, 0.5) is 0 Å². The standard InChI is InChI=1S/C14H17NO/c1-11-8-9-12(2)15(14(11)16)10-13-6-4-3-5-7-13/h3-9,11-12H,10H2,1-2H3/t11-,12-/m0/s1. The van der Waals surface area contributed by atoms with Crippen molar-refractivity contribution >= 4 is 5.91 Å². The van der Waals surface area contributed by atoms with Gasteiger partial charge in [-0.05, 0) is 12.5 Å². The van der Waals surface area contributed by atoms with Crippen molar-refractivity contribution in [2.24, 2.45) is 5.92 Å². The van der Waals surface area contributed by atoms with Crippen molar-refractivity contribution < 1.29 is 4.79 Å². The molecular formula is C14H17NO. The highest BCUT2D eigenvalue weighted by Crippen LogP contribution is 2.18. The van der Waals surface area contributed by atoms with Crippen LogP contribution in [-0.4, -0.2) is 16.8 Å². The molecule has 2 rings (SSSR count). The van der Waals surface area contributed by atoms with Gasteiger partial charge in [-0.2, -0.15) is 0 Å². The zero-order valence-electron chi connectivity index (χ0n) is 9.76. The maximum absolute atomic E-state index is 12.0. The van der Waals surface area contributed by atoms with Crippen molar-refractivity contribution in [1.82, 2.24) is 4.90 Å². The zero-order chi connectivity index (χ0) is 11.5. The second-order valence-electron chi connectivity index (χ2n) is 4.37. The van der Waals surface area contributed by atoms with Gasteiger partial charge >= 0.3 is 0 Å². The summed E-state index contributed by atoms with van der Waals surface area (Å²) >= 11 is 0. The Morgan fingerprint density at radius 1 is 1.12 bits per heavy atom. The lowest BCUT2D eigenvalue weighted by Crippen LogP contribution is -2.42. The number of rotatable bonds is 2. The smallest absolute Gasteiger partial charge is 0.229 e. The second-order valence-corrected chi connectivity index (χ2v) is 4.37. The van der Waals surface area contributed by atoms with Crippen LogP contribution in [0, 0.1) is 5.92 Å². The summed E-state index contributed by atoms with van der Waals surface area (Å²) in [5, 5.41) is 0. The molecule has 1 aliphatic rings. The van der Waals surface area contributed by atoms with Crippen molar-refractivity contribution in [3.05, 3.63) is 48.0 Å². The summed E-state index contributed by atoms with van der Waals surface area (Å²) in [6.45, 7) is 4.71. The molecule has 2 nitrogen and oxygen atoms in total. The number of carbonyl (C=O) groups excluding carboxylic acids is 1. The van der Waals surface area contributed by atoms with Crippen LogP contribution < -0.4 is 0 Å². The highest BCUT2D eigenvalue weighted by Gasteiger charge is 2.25. The third-order valence-corrected chi connectivity index (χ3v) is 3.04. The van der Waals surface area contributed by atoms with E-state index in [1.54, 1.807) is 0 Å². The highest BCUT2D eigenvalue weighted by atomic mass is 16.2. The molecule has 16 heavy (non-hydrogen) atoms. The first kappa shape index (κ1) is 10.9. The lowest BCUT2D eigenvalue weighted by Gasteiger charge is -2.32. The molecule has 0 aromatic heterocycles. The van der Waals surface area contributed by atoms with Gasteiger partial charge in [0.15, 0.2) is 0 Å². The van der Waals surface area contributed by atoms with E-state index in [4.69, 9.17) is 0 Å². The van der Waals surface area contributed by atoms with E-state index in [9.17, 15) is 4.79 Å². The summed E-state index contributed by atoms with van der Waals surface area (Å²) < 4.78 is 0. The molecule has 84 valence electrons. The minimum absolute atomic E-state index is 0.0138. The van der Waals surface area contributed by atoms with Crippen LogP contribution in [-0.2, 0) is 11.3 Å². The molecule has 0 saturated carbocycles. The van der Waals surface area contributed by atoms with E-state index in [2.05, 4.69) is 25.1 Å². The molecular weight excluding hydrogens is 198 g/mol. The Bertz CT molecular complexity index is 396. The largest absolute Gasteiger partial charge is 0.332 e. The molecule has 2 heteroatoms. The van der Waals surface area contributed by atoms with Crippen molar-refractivity contribution in [2.75, 3.05) is 0 Å². The normalized spacial score (nSPS) is 24.9. The van der Waals surface area contributed by atoms with E-state index in [1.165, 1.54) is 5.56 Å². The molecule has 0 bridgehead atoms. The van der Waals surface area contributed by atoms with Gasteiger partial charge in [-0.3, -0.25) is 4.79 Å². The molecule has 1 aromatic rings. The minimum Gasteiger partial charge on any atom is -0.332 e. The van der Waals surface area contributed by atoms with Gasteiger partial charge in [0.25, 0.3) is 0 Å². The van der Waals surface area contributed by atoms with Crippen LogP contribution in [0.25, 0.3) is 0 Å². The molecule has 1 aliphatic heterocycles. The van der Waals surface area contributed by atoms with Crippen molar-refractivity contribution in [2.45, 2.75) is 26.4 Å². The van der Waals surface area contributed by atoms with Gasteiger partial charge in [0.05, 0.1) is 5.92 Å². The molecule has 0 spiro atoms. The van der Waals surface area contributed by atoms with Crippen molar-refractivity contribution in [1.29, 1.82) is 0 Å². The monoisotopic (exact) mass is 215 g/mol. The van der Waals surface area contributed by atoms with E-state index in [0.717, 1.165) is 0 Å². The first-order valence-corrected chi connectivity index (χ1v) is 5.71. The fourth-order valence-electron chi connectivity index (χ4n) is 1.98. The van der Waals surface area contributed by atoms with Crippen LogP contribution >= 0.6 is 0 Å². The average Bonchev–Trinajstić information content (AvgIpc) is 2.31. The molecule has 1 amide bonds. The Hall–Kier alpha value is -1.57. The van der Waals surface area contributed by atoms with Gasteiger partial charge < -0.3 is 4.90 Å². The Morgan fingerprint density at radius 3 is 2.50 bits per heavy atom. The van der Waals surface area contributed by atoms with Gasteiger partial charge in [0, 0.05) is 12.6 Å². The Kier molecular flexibility index (Phi) is 3.09. The van der Waals surface area contributed by atoms with Gasteiger partial charge in [-0.15, -0.1) is 0 Å². The summed E-state index contributed by atoms with van der Waals surface area (Å²) in [4.78, 5) is 13.9. The molecule has 2 atom stereocenters. The fourth-order valence-corrected chi connectivity index (χ4v) is 1.98. The SMILES string of the molecule is C[C@H]1C=C[C@H](C)N(Cc2ccccc2)C1=O. The number of amides is 1. The first-order valence-electron chi connectivity index (χ1n) is 5.71. The van der Waals surface area contributed by atoms with E-state index in [-0.39, 0.29) is 17.9 Å². The van der Waals surface area contributed by atoms with Gasteiger partial charge in [0.1, 0.15) is 0 Å². The number of hydrogen-bond donors (Lipinski definition) is 0. The molecule has 1 aromatic carbocycles. The number of hydrogen-bond acceptors (Lipinski definition) is 1. The maximum atomic E-state index is 12.0. The molecule has 1 heterocycles. The molecule has 0 N–H and O–H groups in total. The maximum Gasteiger partial charge on any atom is 0.229 e. The number of nitrogens with zero attached hydrogens (tertiary/aromatic N) is 1. The van der Waals surface area contributed by atoms with E-state index in [0.29, 0.717) is 6.54 Å². The quantitative estimate of drug-likeness (QED) is 0.694. The number of carbonyl (C=O) groups is 1. The van der Waals surface area contributed by atoms with Crippen LogP contribution in [0.3, 0.4) is 0 Å². The molecule has 0 radical (unpaired) electrons. The molecule has 0 saturated heterocycles. The topological polar surface area (TPSA) is 20.3 Å². The fraction of sp³-hybridized carbons (Fsp3) is 0.357.